The SMILES string of the molecule is Brc1cccnc1Br.OB1c2ccccc2Oc2ccccc21.c1ccc2c(c1)Oc1ccccc1-c1ncccc1-2. The van der Waals surface area contributed by atoms with E-state index in [1.807, 2.05) is 115 Å². The number of aromatic nitrogens is 2. The fourth-order valence-corrected chi connectivity index (χ4v) is 5.24. The van der Waals surface area contributed by atoms with Crippen molar-refractivity contribution < 1.29 is 14.5 Å². The molecule has 6 aromatic rings. The molecule has 0 fully saturated rings. The van der Waals surface area contributed by atoms with Crippen LogP contribution in [0.3, 0.4) is 0 Å². The molecule has 4 heterocycles. The Morgan fingerprint density at radius 2 is 0.976 bits per heavy atom. The summed E-state index contributed by atoms with van der Waals surface area (Å²) in [5.74, 6) is 3.21. The van der Waals surface area contributed by atoms with E-state index in [4.69, 9.17) is 9.47 Å². The van der Waals surface area contributed by atoms with Gasteiger partial charge in [-0.05, 0) is 91.3 Å². The van der Waals surface area contributed by atoms with Crippen LogP contribution in [0.5, 0.6) is 23.0 Å². The van der Waals surface area contributed by atoms with Crippen molar-refractivity contribution in [1.29, 1.82) is 0 Å². The van der Waals surface area contributed by atoms with Crippen molar-refractivity contribution in [3.8, 4) is 45.4 Å². The lowest BCUT2D eigenvalue weighted by Crippen LogP contribution is -2.46. The van der Waals surface area contributed by atoms with Crippen LogP contribution >= 0.6 is 31.9 Å². The van der Waals surface area contributed by atoms with Crippen molar-refractivity contribution in [1.82, 2.24) is 9.97 Å². The van der Waals surface area contributed by atoms with Crippen LogP contribution in [0.25, 0.3) is 22.4 Å². The van der Waals surface area contributed by atoms with E-state index in [1.165, 1.54) is 0 Å². The minimum Gasteiger partial charge on any atom is -0.458 e. The Labute approximate surface area is 261 Å². The van der Waals surface area contributed by atoms with Crippen LogP contribution in [0, 0.1) is 0 Å². The lowest BCUT2D eigenvalue weighted by atomic mass is 9.54. The molecular weight excluding hydrogens is 655 g/mol. The first-order valence-corrected chi connectivity index (χ1v) is 14.8. The summed E-state index contributed by atoms with van der Waals surface area (Å²) in [6.07, 6.45) is 3.55. The normalized spacial score (nSPS) is 11.5. The molecule has 0 atom stereocenters. The highest BCUT2D eigenvalue weighted by atomic mass is 79.9. The zero-order valence-electron chi connectivity index (χ0n) is 22.2. The van der Waals surface area contributed by atoms with E-state index >= 15 is 0 Å². The second-order valence-corrected chi connectivity index (χ2v) is 11.0. The van der Waals surface area contributed by atoms with Gasteiger partial charge in [-0.2, -0.15) is 0 Å². The molecule has 0 unspecified atom stereocenters. The van der Waals surface area contributed by atoms with E-state index in [9.17, 15) is 5.02 Å². The highest BCUT2D eigenvalue weighted by Gasteiger charge is 2.29. The molecule has 204 valence electrons. The molecule has 2 aliphatic heterocycles. The zero-order chi connectivity index (χ0) is 28.9. The minimum atomic E-state index is -0.578. The van der Waals surface area contributed by atoms with Crippen LogP contribution in [0.15, 0.2) is 143 Å². The molecule has 42 heavy (non-hydrogen) atoms. The van der Waals surface area contributed by atoms with Gasteiger partial charge in [-0.1, -0.05) is 72.8 Å². The number of fused-ring (bicyclic) bond motifs is 7. The van der Waals surface area contributed by atoms with Gasteiger partial charge in [-0.15, -0.1) is 0 Å². The van der Waals surface area contributed by atoms with Gasteiger partial charge in [-0.3, -0.25) is 4.98 Å². The third-order valence-corrected chi connectivity index (χ3v) is 8.51. The number of hydrogen-bond donors (Lipinski definition) is 1. The molecule has 8 heteroatoms. The number of halogens is 2. The fourth-order valence-electron chi connectivity index (χ4n) is 4.74. The topological polar surface area (TPSA) is 64.5 Å². The van der Waals surface area contributed by atoms with E-state index in [-0.39, 0.29) is 0 Å². The minimum absolute atomic E-state index is 0.578. The first-order valence-electron chi connectivity index (χ1n) is 13.2. The van der Waals surface area contributed by atoms with Gasteiger partial charge in [0.15, 0.2) is 0 Å². The van der Waals surface area contributed by atoms with Crippen molar-refractivity contribution >= 4 is 49.7 Å². The van der Waals surface area contributed by atoms with Crippen molar-refractivity contribution in [2.24, 2.45) is 0 Å². The monoisotopic (exact) mass is 676 g/mol. The van der Waals surface area contributed by atoms with Gasteiger partial charge in [0.05, 0.1) is 10.2 Å². The predicted octanol–water partition coefficient (Wildman–Crippen LogP) is 8.02. The van der Waals surface area contributed by atoms with Crippen molar-refractivity contribution in [3.05, 3.63) is 143 Å². The van der Waals surface area contributed by atoms with Crippen LogP contribution in [-0.4, -0.2) is 21.9 Å². The molecular formula is C34H23BBr2N2O3. The predicted molar refractivity (Wildman–Crippen MR) is 175 cm³/mol. The van der Waals surface area contributed by atoms with Gasteiger partial charge in [0.25, 0.3) is 0 Å². The summed E-state index contributed by atoms with van der Waals surface area (Å²) < 4.78 is 13.6. The quantitative estimate of drug-likeness (QED) is 0.130. The second kappa shape index (κ2) is 12.7. The molecule has 5 nitrogen and oxygen atoms in total. The first-order chi connectivity index (χ1) is 20.6. The third kappa shape index (κ3) is 5.88. The first kappa shape index (κ1) is 27.9. The van der Waals surface area contributed by atoms with Crippen LogP contribution < -0.4 is 20.4 Å². The van der Waals surface area contributed by atoms with Crippen molar-refractivity contribution in [3.63, 3.8) is 0 Å². The Bertz CT molecular complexity index is 1740. The summed E-state index contributed by atoms with van der Waals surface area (Å²) in [4.78, 5) is 8.49. The second-order valence-electron chi connectivity index (χ2n) is 9.35. The lowest BCUT2D eigenvalue weighted by Gasteiger charge is -2.21. The lowest BCUT2D eigenvalue weighted by molar-refractivity contribution is 0.480. The maximum Gasteiger partial charge on any atom is 0.366 e. The Balaban J connectivity index is 0.000000122. The Morgan fingerprint density at radius 3 is 1.60 bits per heavy atom. The molecule has 0 spiro atoms. The molecule has 2 aromatic heterocycles. The summed E-state index contributed by atoms with van der Waals surface area (Å²) in [5, 5.41) is 10.1. The largest absolute Gasteiger partial charge is 0.458 e. The number of para-hydroxylation sites is 4. The molecule has 0 aliphatic carbocycles. The summed E-state index contributed by atoms with van der Waals surface area (Å²) in [7, 11) is 0. The number of nitrogens with zero attached hydrogens (tertiary/aromatic N) is 2. The average Bonchev–Trinajstić information content (AvgIpc) is 3.18. The van der Waals surface area contributed by atoms with Crippen LogP contribution in [-0.2, 0) is 0 Å². The number of benzene rings is 4. The summed E-state index contributed by atoms with van der Waals surface area (Å²) >= 11 is 6.52. The third-order valence-electron chi connectivity index (χ3n) is 6.71. The number of ether oxygens (including phenoxy) is 2. The van der Waals surface area contributed by atoms with Crippen LogP contribution in [0.4, 0.5) is 0 Å². The fraction of sp³-hybridized carbons (Fsp3) is 0. The Kier molecular flexibility index (Phi) is 8.46. The van der Waals surface area contributed by atoms with Gasteiger partial charge in [0.1, 0.15) is 27.6 Å². The van der Waals surface area contributed by atoms with Crippen LogP contribution in [0.2, 0.25) is 0 Å². The molecule has 2 aliphatic rings. The summed E-state index contributed by atoms with van der Waals surface area (Å²) in [6.45, 7) is -0.578. The van der Waals surface area contributed by atoms with Gasteiger partial charge in [0.2, 0.25) is 0 Å². The molecule has 0 saturated heterocycles. The standard InChI is InChI=1S/C17H11NO.C12H9BO2.C5H3Br2N/c1-3-9-15-12(6-1)13-8-5-11-18-17(13)14-7-2-4-10-16(14)19-15;14-13-9-5-1-3-7-11(9)15-12-8-4-2-6-10(12)13;6-4-2-1-3-8-5(4)7/h1-11H;1-8,14H;1-3H. The Hall–Kier alpha value is -4.24. The smallest absolute Gasteiger partial charge is 0.366 e. The van der Waals surface area contributed by atoms with Gasteiger partial charge in [-0.25, -0.2) is 4.98 Å². The van der Waals surface area contributed by atoms with E-state index in [0.29, 0.717) is 0 Å². The molecule has 1 N–H and O–H groups in total. The number of rotatable bonds is 0. The van der Waals surface area contributed by atoms with E-state index < -0.39 is 6.92 Å². The van der Waals surface area contributed by atoms with Gasteiger partial charge < -0.3 is 14.5 Å². The number of pyridine rings is 2. The molecule has 8 rings (SSSR count). The summed E-state index contributed by atoms with van der Waals surface area (Å²) in [6, 6.07) is 39.1. The number of hydrogen-bond acceptors (Lipinski definition) is 5. The highest BCUT2D eigenvalue weighted by Crippen LogP contribution is 2.45. The van der Waals surface area contributed by atoms with Gasteiger partial charge in [0, 0.05) is 29.1 Å². The van der Waals surface area contributed by atoms with E-state index in [0.717, 1.165) is 65.4 Å². The van der Waals surface area contributed by atoms with E-state index in [2.05, 4.69) is 54.0 Å². The zero-order valence-corrected chi connectivity index (χ0v) is 25.4. The molecule has 0 saturated carbocycles. The maximum absolute atomic E-state index is 10.1. The molecule has 4 aromatic carbocycles. The molecule has 0 radical (unpaired) electrons. The van der Waals surface area contributed by atoms with Crippen LogP contribution in [0.1, 0.15) is 0 Å². The van der Waals surface area contributed by atoms with E-state index in [1.54, 1.807) is 6.20 Å². The summed E-state index contributed by atoms with van der Waals surface area (Å²) in [5.41, 5.74) is 5.87. The molecule has 0 bridgehead atoms. The highest BCUT2D eigenvalue weighted by molar-refractivity contribution is 9.13. The van der Waals surface area contributed by atoms with Crippen molar-refractivity contribution in [2.45, 2.75) is 0 Å². The average molecular weight is 678 g/mol. The van der Waals surface area contributed by atoms with Crippen molar-refractivity contribution in [2.75, 3.05) is 0 Å². The van der Waals surface area contributed by atoms with Gasteiger partial charge >= 0.3 is 6.92 Å². The molecule has 0 amide bonds. The maximum atomic E-state index is 10.1. The Morgan fingerprint density at radius 1 is 0.500 bits per heavy atom.